The van der Waals surface area contributed by atoms with Crippen LogP contribution in [-0.2, 0) is 9.53 Å². The molecule has 0 atom stereocenters. The van der Waals surface area contributed by atoms with E-state index in [2.05, 4.69) is 5.32 Å². The van der Waals surface area contributed by atoms with E-state index in [0.717, 1.165) is 0 Å². The molecule has 1 aliphatic rings. The van der Waals surface area contributed by atoms with Crippen LogP contribution >= 0.6 is 0 Å². The second kappa shape index (κ2) is 9.17. The van der Waals surface area contributed by atoms with Crippen molar-refractivity contribution in [2.45, 2.75) is 13.8 Å². The van der Waals surface area contributed by atoms with E-state index in [4.69, 9.17) is 9.47 Å². The number of piperazine rings is 1. The second-order valence-corrected chi connectivity index (χ2v) is 6.11. The van der Waals surface area contributed by atoms with Crippen molar-refractivity contribution in [3.8, 4) is 5.75 Å². The Bertz CT molecular complexity index is 716. The van der Waals surface area contributed by atoms with Gasteiger partial charge in [-0.25, -0.2) is 4.79 Å². The average molecular weight is 380 g/mol. The number of carbonyl (C=O) groups is 2. The zero-order chi connectivity index (χ0) is 20.0. The van der Waals surface area contributed by atoms with Crippen LogP contribution in [-0.4, -0.2) is 73.2 Å². The Balaban J connectivity index is 1.93. The summed E-state index contributed by atoms with van der Waals surface area (Å²) in [4.78, 5) is 38.1. The maximum Gasteiger partial charge on any atom is 0.409 e. The van der Waals surface area contributed by atoms with Crippen LogP contribution in [0.25, 0.3) is 0 Å². The molecule has 148 valence electrons. The summed E-state index contributed by atoms with van der Waals surface area (Å²) in [5.74, 6) is -0.150. The number of nitrogens with one attached hydrogen (secondary N) is 1. The topological polar surface area (TPSA) is 114 Å². The molecule has 1 N–H and O–H groups in total. The van der Waals surface area contributed by atoms with E-state index < -0.39 is 4.92 Å². The lowest BCUT2D eigenvalue weighted by Gasteiger charge is -2.33. The molecule has 0 aliphatic carbocycles. The Labute approximate surface area is 157 Å². The zero-order valence-electron chi connectivity index (χ0n) is 15.7. The number of anilines is 1. The fourth-order valence-electron chi connectivity index (χ4n) is 2.81. The van der Waals surface area contributed by atoms with Crippen molar-refractivity contribution in [1.82, 2.24) is 9.80 Å². The number of benzene rings is 1. The molecule has 1 heterocycles. The molecule has 0 saturated carbocycles. The first-order valence-electron chi connectivity index (χ1n) is 8.62. The van der Waals surface area contributed by atoms with Crippen molar-refractivity contribution in [2.24, 2.45) is 0 Å². The fourth-order valence-corrected chi connectivity index (χ4v) is 2.81. The van der Waals surface area contributed by atoms with Crippen LogP contribution in [0.2, 0.25) is 0 Å². The van der Waals surface area contributed by atoms with Crippen LogP contribution in [0.15, 0.2) is 12.1 Å². The van der Waals surface area contributed by atoms with Gasteiger partial charge < -0.3 is 19.7 Å². The second-order valence-electron chi connectivity index (χ2n) is 6.11. The minimum absolute atomic E-state index is 0.0870. The van der Waals surface area contributed by atoms with Gasteiger partial charge in [0.15, 0.2) is 5.75 Å². The summed E-state index contributed by atoms with van der Waals surface area (Å²) < 4.78 is 10.0. The van der Waals surface area contributed by atoms with Crippen molar-refractivity contribution < 1.29 is 24.0 Å². The van der Waals surface area contributed by atoms with E-state index in [-0.39, 0.29) is 30.0 Å². The number of hydrogen-bond donors (Lipinski definition) is 1. The lowest BCUT2D eigenvalue weighted by Crippen LogP contribution is -2.50. The number of rotatable bonds is 6. The third-order valence-electron chi connectivity index (χ3n) is 4.26. The highest BCUT2D eigenvalue weighted by Gasteiger charge is 2.24. The molecule has 27 heavy (non-hydrogen) atoms. The Kier molecular flexibility index (Phi) is 6.94. The smallest absolute Gasteiger partial charge is 0.409 e. The molecule has 1 fully saturated rings. The highest BCUT2D eigenvalue weighted by Crippen LogP contribution is 2.32. The fraction of sp³-hybridized carbons (Fsp3) is 0.529. The van der Waals surface area contributed by atoms with Gasteiger partial charge in [0.2, 0.25) is 5.91 Å². The highest BCUT2D eigenvalue weighted by molar-refractivity contribution is 5.93. The maximum absolute atomic E-state index is 12.3. The number of nitrogens with zero attached hydrogens (tertiary/aromatic N) is 3. The summed E-state index contributed by atoms with van der Waals surface area (Å²) in [7, 11) is 1.34. The Morgan fingerprint density at radius 3 is 2.48 bits per heavy atom. The number of nitro benzene ring substituents is 1. The molecule has 10 heteroatoms. The van der Waals surface area contributed by atoms with Gasteiger partial charge in [0.25, 0.3) is 0 Å². The normalized spacial score (nSPS) is 14.6. The van der Waals surface area contributed by atoms with Gasteiger partial charge in [-0.2, -0.15) is 0 Å². The predicted molar refractivity (Wildman–Crippen MR) is 98.1 cm³/mol. The molecule has 2 rings (SSSR count). The van der Waals surface area contributed by atoms with Crippen molar-refractivity contribution in [2.75, 3.05) is 51.8 Å². The summed E-state index contributed by atoms with van der Waals surface area (Å²) in [6.45, 7) is 6.05. The molecule has 10 nitrogen and oxygen atoms in total. The number of aryl methyl sites for hydroxylation is 1. The molecular formula is C17H24N4O6. The zero-order valence-corrected chi connectivity index (χ0v) is 15.7. The van der Waals surface area contributed by atoms with Crippen LogP contribution in [0.3, 0.4) is 0 Å². The third-order valence-corrected chi connectivity index (χ3v) is 4.26. The van der Waals surface area contributed by atoms with Gasteiger partial charge in [0, 0.05) is 44.0 Å². The van der Waals surface area contributed by atoms with Crippen molar-refractivity contribution in [1.29, 1.82) is 0 Å². The van der Waals surface area contributed by atoms with E-state index in [1.54, 1.807) is 18.7 Å². The number of carbonyl (C=O) groups excluding carboxylic acids is 2. The SMILES string of the molecule is CCOC(=O)N1CCN(CC(=O)Nc2cc(OC)c([N+](=O)[O-])cc2C)CC1. The number of hydrogen-bond acceptors (Lipinski definition) is 7. The standard InChI is InChI=1S/C17H24N4O6/c1-4-27-17(23)20-7-5-19(6-8-20)11-16(22)18-13-10-15(26-3)14(21(24)25)9-12(13)2/h9-10H,4-8,11H2,1-3H3,(H,18,22). The Morgan fingerprint density at radius 1 is 1.26 bits per heavy atom. The molecule has 0 bridgehead atoms. The summed E-state index contributed by atoms with van der Waals surface area (Å²) in [6.07, 6.45) is -0.338. The van der Waals surface area contributed by atoms with Gasteiger partial charge in [-0.1, -0.05) is 0 Å². The van der Waals surface area contributed by atoms with Gasteiger partial charge in [-0.05, 0) is 19.4 Å². The molecule has 0 radical (unpaired) electrons. The lowest BCUT2D eigenvalue weighted by molar-refractivity contribution is -0.385. The molecule has 1 aliphatic heterocycles. The molecular weight excluding hydrogens is 356 g/mol. The number of ether oxygens (including phenoxy) is 2. The van der Waals surface area contributed by atoms with E-state index >= 15 is 0 Å². The molecule has 1 aromatic rings. The molecule has 1 aromatic carbocycles. The van der Waals surface area contributed by atoms with Crippen molar-refractivity contribution in [3.63, 3.8) is 0 Å². The summed E-state index contributed by atoms with van der Waals surface area (Å²) in [6, 6.07) is 2.82. The lowest BCUT2D eigenvalue weighted by atomic mass is 10.1. The van der Waals surface area contributed by atoms with Crippen LogP contribution in [0.4, 0.5) is 16.2 Å². The molecule has 1 saturated heterocycles. The summed E-state index contributed by atoms with van der Waals surface area (Å²) in [5.41, 5.74) is 0.888. The monoisotopic (exact) mass is 380 g/mol. The number of amides is 2. The largest absolute Gasteiger partial charge is 0.490 e. The number of methoxy groups -OCH3 is 1. The van der Waals surface area contributed by atoms with Gasteiger partial charge in [-0.15, -0.1) is 0 Å². The van der Waals surface area contributed by atoms with Gasteiger partial charge >= 0.3 is 11.8 Å². The van der Waals surface area contributed by atoms with E-state index in [9.17, 15) is 19.7 Å². The quantitative estimate of drug-likeness (QED) is 0.589. The average Bonchev–Trinajstić information content (AvgIpc) is 2.63. The van der Waals surface area contributed by atoms with Crippen LogP contribution in [0.1, 0.15) is 12.5 Å². The van der Waals surface area contributed by atoms with E-state index in [1.807, 2.05) is 4.90 Å². The summed E-state index contributed by atoms with van der Waals surface area (Å²) >= 11 is 0. The summed E-state index contributed by atoms with van der Waals surface area (Å²) in [5, 5.41) is 13.8. The molecule has 0 unspecified atom stereocenters. The van der Waals surface area contributed by atoms with Crippen LogP contribution < -0.4 is 10.1 Å². The maximum atomic E-state index is 12.3. The van der Waals surface area contributed by atoms with Gasteiger partial charge in [0.1, 0.15) is 0 Å². The van der Waals surface area contributed by atoms with Crippen LogP contribution in [0.5, 0.6) is 5.75 Å². The first kappa shape index (κ1) is 20.4. The molecule has 2 amide bonds. The van der Waals surface area contributed by atoms with E-state index in [0.29, 0.717) is 44.0 Å². The predicted octanol–water partition coefficient (Wildman–Crippen LogP) is 1.62. The Morgan fingerprint density at radius 2 is 1.93 bits per heavy atom. The van der Waals surface area contributed by atoms with Crippen molar-refractivity contribution in [3.05, 3.63) is 27.8 Å². The first-order chi connectivity index (χ1) is 12.8. The van der Waals surface area contributed by atoms with E-state index in [1.165, 1.54) is 19.2 Å². The van der Waals surface area contributed by atoms with Gasteiger partial charge in [0.05, 0.1) is 25.2 Å². The Hall–Kier alpha value is -2.88. The first-order valence-corrected chi connectivity index (χ1v) is 8.62. The minimum Gasteiger partial charge on any atom is -0.490 e. The molecule has 0 aromatic heterocycles. The highest BCUT2D eigenvalue weighted by atomic mass is 16.6. The third kappa shape index (κ3) is 5.30. The van der Waals surface area contributed by atoms with Gasteiger partial charge in [-0.3, -0.25) is 19.8 Å². The number of nitro groups is 1. The van der Waals surface area contributed by atoms with Crippen LogP contribution in [0, 0.1) is 17.0 Å². The molecule has 0 spiro atoms. The minimum atomic E-state index is -0.527. The van der Waals surface area contributed by atoms with Crippen molar-refractivity contribution >= 4 is 23.4 Å².